The number of aliphatic hydroxyl groups is 1. The average molecular weight is 552 g/mol. The van der Waals surface area contributed by atoms with Crippen LogP contribution in [0.4, 0.5) is 0 Å². The largest absolute Gasteiger partial charge is 0.459 e. The van der Waals surface area contributed by atoms with Gasteiger partial charge in [-0.25, -0.2) is 4.68 Å². The van der Waals surface area contributed by atoms with Gasteiger partial charge in [0.1, 0.15) is 0 Å². The second-order valence-electron chi connectivity index (χ2n) is 9.77. The van der Waals surface area contributed by atoms with E-state index in [1.54, 1.807) is 17.8 Å². The van der Waals surface area contributed by atoms with E-state index in [2.05, 4.69) is 0 Å². The summed E-state index contributed by atoms with van der Waals surface area (Å²) in [6.07, 6.45) is 0.688. The molecule has 0 aliphatic carbocycles. The van der Waals surface area contributed by atoms with Crippen molar-refractivity contribution in [2.45, 2.75) is 45.1 Å². The van der Waals surface area contributed by atoms with Gasteiger partial charge in [-0.2, -0.15) is 0 Å². The van der Waals surface area contributed by atoms with Crippen molar-refractivity contribution in [3.05, 3.63) is 99.2 Å². The number of methoxy groups -OCH3 is 2. The minimum atomic E-state index is -0.773. The van der Waals surface area contributed by atoms with Crippen LogP contribution < -0.4 is 5.56 Å². The number of likely N-dealkylation sites (N-methyl/N-ethyl adjacent to an activating group) is 1. The summed E-state index contributed by atoms with van der Waals surface area (Å²) in [5, 5.41) is 9.31. The van der Waals surface area contributed by atoms with E-state index in [1.807, 2.05) is 73.3 Å². The van der Waals surface area contributed by atoms with Gasteiger partial charge in [0.25, 0.3) is 11.5 Å². The van der Waals surface area contributed by atoms with E-state index in [-0.39, 0.29) is 37.0 Å². The van der Waals surface area contributed by atoms with E-state index >= 15 is 0 Å². The van der Waals surface area contributed by atoms with Gasteiger partial charge in [-0.05, 0) is 36.3 Å². The van der Waals surface area contributed by atoms with Crippen molar-refractivity contribution in [1.29, 1.82) is 0 Å². The predicted molar refractivity (Wildman–Crippen MR) is 149 cm³/mol. The summed E-state index contributed by atoms with van der Waals surface area (Å²) in [6, 6.07) is 16.8. The summed E-state index contributed by atoms with van der Waals surface area (Å²) in [5.74, 6) is -0.701. The highest BCUT2D eigenvalue weighted by Gasteiger charge is 2.34. The van der Waals surface area contributed by atoms with Crippen LogP contribution in [0.15, 0.2) is 71.2 Å². The lowest BCUT2D eigenvalue weighted by Crippen LogP contribution is -2.39. The molecule has 2 unspecified atom stereocenters. The number of aromatic nitrogens is 2. The van der Waals surface area contributed by atoms with Gasteiger partial charge in [0.15, 0.2) is 12.0 Å². The molecule has 4 rings (SSSR count). The molecule has 0 saturated carbocycles. The Morgan fingerprint density at radius 1 is 1.10 bits per heavy atom. The normalized spacial score (nSPS) is 17.0. The van der Waals surface area contributed by atoms with E-state index in [1.165, 1.54) is 19.1 Å². The topological polar surface area (TPSA) is 104 Å². The highest BCUT2D eigenvalue weighted by atomic mass is 16.7. The Balaban J connectivity index is 1.66. The molecule has 2 atom stereocenters. The highest BCUT2D eigenvalue weighted by Crippen LogP contribution is 2.33. The molecule has 1 aliphatic heterocycles. The van der Waals surface area contributed by atoms with Gasteiger partial charge in [0.2, 0.25) is 6.29 Å². The van der Waals surface area contributed by atoms with Crippen molar-refractivity contribution in [2.75, 3.05) is 27.8 Å². The molecular weight excluding hydrogens is 514 g/mol. The summed E-state index contributed by atoms with van der Waals surface area (Å²) in [7, 11) is 6.49. The molecule has 0 bridgehead atoms. The third-order valence-corrected chi connectivity index (χ3v) is 7.17. The molecule has 0 radical (unpaired) electrons. The van der Waals surface area contributed by atoms with Crippen LogP contribution in [-0.2, 0) is 44.0 Å². The minimum absolute atomic E-state index is 0.0394. The molecule has 10 heteroatoms. The van der Waals surface area contributed by atoms with Gasteiger partial charge in [0, 0.05) is 51.9 Å². The molecule has 0 spiro atoms. The average Bonchev–Trinajstić information content (AvgIpc) is 3.21. The minimum Gasteiger partial charge on any atom is -0.459 e. The number of hydrogen-bond donors (Lipinski definition) is 1. The van der Waals surface area contributed by atoms with Crippen molar-refractivity contribution in [1.82, 2.24) is 14.3 Å². The summed E-state index contributed by atoms with van der Waals surface area (Å²) >= 11 is 0. The molecule has 1 aromatic heterocycles. The molecule has 3 aromatic rings. The van der Waals surface area contributed by atoms with E-state index in [0.717, 1.165) is 22.5 Å². The second kappa shape index (κ2) is 13.1. The fourth-order valence-corrected chi connectivity index (χ4v) is 4.80. The van der Waals surface area contributed by atoms with E-state index in [9.17, 15) is 14.7 Å². The molecule has 1 N–H and O–H groups in total. The number of ether oxygens (including phenoxy) is 4. The number of benzene rings is 2. The Labute approximate surface area is 233 Å². The quantitative estimate of drug-likeness (QED) is 0.366. The number of nitrogens with zero attached hydrogens (tertiary/aromatic N) is 3. The van der Waals surface area contributed by atoms with Crippen LogP contribution in [-0.4, -0.2) is 65.7 Å². The smallest absolute Gasteiger partial charge is 0.288 e. The molecular formula is C30H37N3O7. The van der Waals surface area contributed by atoms with Crippen LogP contribution in [0.3, 0.4) is 0 Å². The van der Waals surface area contributed by atoms with E-state index in [0.29, 0.717) is 12.0 Å². The third kappa shape index (κ3) is 6.37. The van der Waals surface area contributed by atoms with Crippen LogP contribution in [0, 0.1) is 6.92 Å². The number of amides is 1. The van der Waals surface area contributed by atoms with Crippen LogP contribution in [0.1, 0.15) is 34.7 Å². The molecule has 214 valence electrons. The molecule has 10 nitrogen and oxygen atoms in total. The molecule has 2 heterocycles. The van der Waals surface area contributed by atoms with Gasteiger partial charge < -0.3 is 29.0 Å². The van der Waals surface area contributed by atoms with Gasteiger partial charge in [-0.3, -0.25) is 14.3 Å². The first-order valence-corrected chi connectivity index (χ1v) is 13.1. The number of carbonyl (C=O) groups is 1. The van der Waals surface area contributed by atoms with Crippen molar-refractivity contribution < 1.29 is 28.8 Å². The van der Waals surface area contributed by atoms with Gasteiger partial charge in [0.05, 0.1) is 25.4 Å². The standard InChI is InChI=1S/C30H37N3O7/c1-20-28(30(36)33(32(20)3)24-9-7-6-8-10-24)23-15-25(29(35)31(2)17-27(37-4)38-5)40-26(16-23)39-19-22-13-11-21(18-34)12-14-22/h6-15,23,26-27,34H,16-19H2,1-5H3. The number of carbonyl (C=O) groups excluding carboxylic acids is 1. The van der Waals surface area contributed by atoms with Crippen molar-refractivity contribution in [2.24, 2.45) is 7.05 Å². The molecule has 1 amide bonds. The number of rotatable bonds is 11. The number of aliphatic hydroxyl groups excluding tert-OH is 1. The Hall–Kier alpha value is -3.70. The van der Waals surface area contributed by atoms with Crippen molar-refractivity contribution in [3.63, 3.8) is 0 Å². The van der Waals surface area contributed by atoms with Crippen LogP contribution in [0.5, 0.6) is 0 Å². The maximum Gasteiger partial charge on any atom is 0.288 e. The van der Waals surface area contributed by atoms with Crippen LogP contribution >= 0.6 is 0 Å². The van der Waals surface area contributed by atoms with Crippen molar-refractivity contribution >= 4 is 5.91 Å². The van der Waals surface area contributed by atoms with Crippen LogP contribution in [0.2, 0.25) is 0 Å². The zero-order valence-electron chi connectivity index (χ0n) is 23.6. The summed E-state index contributed by atoms with van der Waals surface area (Å²) in [6.45, 7) is 2.28. The van der Waals surface area contributed by atoms with Gasteiger partial charge in [-0.1, -0.05) is 42.5 Å². The number of para-hydroxylation sites is 1. The predicted octanol–water partition coefficient (Wildman–Crippen LogP) is 2.98. The zero-order valence-corrected chi connectivity index (χ0v) is 23.6. The molecule has 0 saturated heterocycles. The lowest BCUT2D eigenvalue weighted by Gasteiger charge is -2.31. The van der Waals surface area contributed by atoms with E-state index in [4.69, 9.17) is 18.9 Å². The number of hydrogen-bond acceptors (Lipinski definition) is 7. The van der Waals surface area contributed by atoms with Crippen LogP contribution in [0.25, 0.3) is 5.69 Å². The van der Waals surface area contributed by atoms with Gasteiger partial charge >= 0.3 is 0 Å². The fourth-order valence-electron chi connectivity index (χ4n) is 4.80. The highest BCUT2D eigenvalue weighted by molar-refractivity contribution is 5.91. The maximum absolute atomic E-state index is 13.8. The first-order valence-electron chi connectivity index (χ1n) is 13.1. The molecule has 2 aromatic carbocycles. The Morgan fingerprint density at radius 3 is 2.38 bits per heavy atom. The summed E-state index contributed by atoms with van der Waals surface area (Å²) in [5.41, 5.74) is 3.65. The fraction of sp³-hybridized carbons (Fsp3) is 0.400. The van der Waals surface area contributed by atoms with E-state index < -0.39 is 18.5 Å². The molecule has 40 heavy (non-hydrogen) atoms. The molecule has 1 aliphatic rings. The third-order valence-electron chi connectivity index (χ3n) is 7.17. The Morgan fingerprint density at radius 2 is 1.75 bits per heavy atom. The first-order chi connectivity index (χ1) is 19.3. The number of allylic oxidation sites excluding steroid dienone is 1. The molecule has 0 fully saturated rings. The maximum atomic E-state index is 13.8. The SMILES string of the molecule is COC(CN(C)C(=O)C1=CC(c2c(C)n(C)n(-c3ccccc3)c2=O)CC(OCc2ccc(CO)cc2)O1)OC. The monoisotopic (exact) mass is 551 g/mol. The zero-order chi connectivity index (χ0) is 28.8. The van der Waals surface area contributed by atoms with Crippen molar-refractivity contribution in [3.8, 4) is 5.69 Å². The summed E-state index contributed by atoms with van der Waals surface area (Å²) < 4.78 is 26.1. The first kappa shape index (κ1) is 29.3. The lowest BCUT2D eigenvalue weighted by atomic mass is 9.93. The Kier molecular flexibility index (Phi) is 9.59. The lowest BCUT2D eigenvalue weighted by molar-refractivity contribution is -0.160. The van der Waals surface area contributed by atoms with Gasteiger partial charge in [-0.15, -0.1) is 0 Å². The second-order valence-corrected chi connectivity index (χ2v) is 9.77. The summed E-state index contributed by atoms with van der Waals surface area (Å²) in [4.78, 5) is 28.7. The Bertz CT molecular complexity index is 1370.